The average Bonchev–Trinajstić information content (AvgIpc) is 3.22. The Hall–Kier alpha value is -2.87. The van der Waals surface area contributed by atoms with Gasteiger partial charge in [-0.05, 0) is 63.1 Å². The molecule has 2 aliphatic rings. The highest BCUT2D eigenvalue weighted by molar-refractivity contribution is 5.94. The van der Waals surface area contributed by atoms with E-state index in [1.165, 1.54) is 35.8 Å². The van der Waals surface area contributed by atoms with E-state index in [9.17, 15) is 9.18 Å². The minimum atomic E-state index is -0.317. The highest BCUT2D eigenvalue weighted by atomic mass is 19.1. The van der Waals surface area contributed by atoms with Crippen LogP contribution in [0.2, 0.25) is 0 Å². The molecule has 1 N–H and O–H groups in total. The van der Waals surface area contributed by atoms with E-state index in [0.717, 1.165) is 18.4 Å². The predicted molar refractivity (Wildman–Crippen MR) is 101 cm³/mol. The second kappa shape index (κ2) is 6.63. The van der Waals surface area contributed by atoms with E-state index < -0.39 is 0 Å². The van der Waals surface area contributed by atoms with Crippen LogP contribution in [-0.2, 0) is 0 Å². The van der Waals surface area contributed by atoms with Crippen LogP contribution in [0.15, 0.2) is 36.7 Å². The molecule has 0 unspecified atom stereocenters. The number of fused-ring (bicyclic) bond motifs is 3. The summed E-state index contributed by atoms with van der Waals surface area (Å²) in [4.78, 5) is 24.1. The van der Waals surface area contributed by atoms with Crippen LogP contribution in [0.5, 0.6) is 0 Å². The molecule has 2 aliphatic heterocycles. The summed E-state index contributed by atoms with van der Waals surface area (Å²) in [6.45, 7) is 0. The fraction of sp³-hybridized carbons (Fsp3) is 0.400. The minimum Gasteiger partial charge on any atom is -0.348 e. The molecule has 8 heteroatoms. The van der Waals surface area contributed by atoms with E-state index in [1.54, 1.807) is 18.2 Å². The van der Waals surface area contributed by atoms with Gasteiger partial charge in [0.05, 0.1) is 5.69 Å². The first-order valence-electron chi connectivity index (χ1n) is 9.58. The molecule has 3 aromatic rings. The summed E-state index contributed by atoms with van der Waals surface area (Å²) in [5.41, 5.74) is 1.67. The Morgan fingerprint density at radius 1 is 1.18 bits per heavy atom. The summed E-state index contributed by atoms with van der Waals surface area (Å²) >= 11 is 0. The van der Waals surface area contributed by atoms with Gasteiger partial charge in [-0.3, -0.25) is 4.79 Å². The molecule has 144 valence electrons. The Balaban J connectivity index is 1.45. The number of rotatable bonds is 3. The van der Waals surface area contributed by atoms with Gasteiger partial charge >= 0.3 is 0 Å². The number of amides is 1. The number of carbonyl (C=O) groups is 1. The van der Waals surface area contributed by atoms with E-state index >= 15 is 0 Å². The molecule has 4 heterocycles. The molecule has 2 fully saturated rings. The Kier molecular flexibility index (Phi) is 4.08. The Labute approximate surface area is 161 Å². The van der Waals surface area contributed by atoms with Crippen molar-refractivity contribution in [3.05, 3.63) is 48.2 Å². The third kappa shape index (κ3) is 2.93. The maximum atomic E-state index is 13.3. The lowest BCUT2D eigenvalue weighted by atomic mass is 9.98. The molecular weight excluding hydrogens is 359 g/mol. The van der Waals surface area contributed by atoms with Crippen LogP contribution >= 0.6 is 0 Å². The maximum absolute atomic E-state index is 13.3. The van der Waals surface area contributed by atoms with Crippen molar-refractivity contribution < 1.29 is 9.18 Å². The number of piperidine rings is 1. The van der Waals surface area contributed by atoms with Gasteiger partial charge in [0, 0.05) is 23.7 Å². The smallest absolute Gasteiger partial charge is 0.270 e. The van der Waals surface area contributed by atoms with Gasteiger partial charge in [0.25, 0.3) is 11.7 Å². The fourth-order valence-electron chi connectivity index (χ4n) is 4.53. The molecule has 2 aromatic heterocycles. The van der Waals surface area contributed by atoms with Crippen molar-refractivity contribution >= 4 is 11.7 Å². The number of carbonyl (C=O) groups excluding carboxylic acids is 1. The van der Waals surface area contributed by atoms with Gasteiger partial charge in [0.2, 0.25) is 0 Å². The van der Waals surface area contributed by atoms with Crippen LogP contribution in [0.3, 0.4) is 0 Å². The van der Waals surface area contributed by atoms with Gasteiger partial charge in [0.15, 0.2) is 0 Å². The number of nitrogens with zero attached hydrogens (tertiary/aromatic N) is 5. The van der Waals surface area contributed by atoms with E-state index in [4.69, 9.17) is 0 Å². The second-order valence-corrected chi connectivity index (χ2v) is 7.70. The highest BCUT2D eigenvalue weighted by Gasteiger charge is 2.39. The van der Waals surface area contributed by atoms with E-state index in [-0.39, 0.29) is 17.8 Å². The molecular formula is C20H21FN6O. The number of hydrogen-bond donors (Lipinski definition) is 1. The number of nitrogens with one attached hydrogen (secondary N) is 1. The summed E-state index contributed by atoms with van der Waals surface area (Å²) < 4.78 is 14.7. The van der Waals surface area contributed by atoms with Crippen molar-refractivity contribution in [1.82, 2.24) is 29.8 Å². The molecule has 0 radical (unpaired) electrons. The Morgan fingerprint density at radius 2 is 1.89 bits per heavy atom. The van der Waals surface area contributed by atoms with Crippen LogP contribution in [0.1, 0.15) is 36.2 Å². The summed E-state index contributed by atoms with van der Waals surface area (Å²) in [6.07, 6.45) is 5.71. The second-order valence-electron chi connectivity index (χ2n) is 7.70. The van der Waals surface area contributed by atoms with Gasteiger partial charge in [-0.25, -0.2) is 9.37 Å². The van der Waals surface area contributed by atoms with Gasteiger partial charge in [0.1, 0.15) is 17.8 Å². The molecule has 28 heavy (non-hydrogen) atoms. The highest BCUT2D eigenvalue weighted by Crippen LogP contribution is 2.34. The largest absolute Gasteiger partial charge is 0.348 e. The first-order chi connectivity index (χ1) is 13.6. The van der Waals surface area contributed by atoms with Crippen molar-refractivity contribution in [3.8, 4) is 11.3 Å². The summed E-state index contributed by atoms with van der Waals surface area (Å²) in [6, 6.07) is 8.96. The zero-order chi connectivity index (χ0) is 19.3. The SMILES string of the molecule is CN1[C@H]2CC[C@H]1CC(NC(=O)c1cc(-c3ccc(F)cc3)nc3ncnn13)C2. The van der Waals surface area contributed by atoms with Crippen molar-refractivity contribution in [2.24, 2.45) is 0 Å². The number of benzene rings is 1. The molecule has 2 saturated heterocycles. The maximum Gasteiger partial charge on any atom is 0.270 e. The minimum absolute atomic E-state index is 0.155. The van der Waals surface area contributed by atoms with E-state index in [0.29, 0.717) is 29.2 Å². The predicted octanol–water partition coefficient (Wildman–Crippen LogP) is 2.29. The van der Waals surface area contributed by atoms with Crippen molar-refractivity contribution in [2.75, 3.05) is 7.05 Å². The standard InChI is InChI=1S/C20H21FN6O/c1-26-15-6-7-16(26)9-14(8-15)24-19(28)18-10-17(12-2-4-13(21)5-3-12)25-20-22-11-23-27(18)20/h2-5,10-11,14-16H,6-9H2,1H3,(H,24,28)/t15-,16-/m0/s1. The monoisotopic (exact) mass is 380 g/mol. The third-order valence-electron chi connectivity index (χ3n) is 6.06. The Bertz CT molecular complexity index is 1020. The summed E-state index contributed by atoms with van der Waals surface area (Å²) in [7, 11) is 2.18. The number of aromatic nitrogens is 4. The van der Waals surface area contributed by atoms with Crippen molar-refractivity contribution in [2.45, 2.75) is 43.8 Å². The molecule has 5 rings (SSSR count). The zero-order valence-corrected chi connectivity index (χ0v) is 15.5. The van der Waals surface area contributed by atoms with Gasteiger partial charge in [-0.15, -0.1) is 0 Å². The van der Waals surface area contributed by atoms with Gasteiger partial charge in [-0.1, -0.05) is 0 Å². The molecule has 7 nitrogen and oxygen atoms in total. The van der Waals surface area contributed by atoms with Crippen molar-refractivity contribution in [1.29, 1.82) is 0 Å². The Morgan fingerprint density at radius 3 is 2.61 bits per heavy atom. The number of halogens is 1. The van der Waals surface area contributed by atoms with Crippen LogP contribution < -0.4 is 5.32 Å². The lowest BCUT2D eigenvalue weighted by molar-refractivity contribution is 0.0875. The van der Waals surface area contributed by atoms with Crippen LogP contribution in [0.25, 0.3) is 17.0 Å². The van der Waals surface area contributed by atoms with Crippen LogP contribution in [0, 0.1) is 5.82 Å². The van der Waals surface area contributed by atoms with Gasteiger partial charge in [-0.2, -0.15) is 14.6 Å². The van der Waals surface area contributed by atoms with E-state index in [2.05, 4.69) is 32.3 Å². The molecule has 0 spiro atoms. The molecule has 2 bridgehead atoms. The molecule has 2 atom stereocenters. The topological polar surface area (TPSA) is 75.4 Å². The first kappa shape index (κ1) is 17.2. The van der Waals surface area contributed by atoms with E-state index in [1.807, 2.05) is 0 Å². The molecule has 1 aromatic carbocycles. The fourth-order valence-corrected chi connectivity index (χ4v) is 4.53. The summed E-state index contributed by atoms with van der Waals surface area (Å²) in [5, 5.41) is 7.33. The van der Waals surface area contributed by atoms with Crippen LogP contribution in [0.4, 0.5) is 4.39 Å². The summed E-state index contributed by atoms with van der Waals surface area (Å²) in [5.74, 6) is -0.159. The average molecular weight is 380 g/mol. The lowest BCUT2D eigenvalue weighted by Crippen LogP contribution is -2.49. The third-order valence-corrected chi connectivity index (χ3v) is 6.06. The van der Waals surface area contributed by atoms with Gasteiger partial charge < -0.3 is 10.2 Å². The lowest BCUT2D eigenvalue weighted by Gasteiger charge is -2.36. The quantitative estimate of drug-likeness (QED) is 0.755. The molecule has 1 amide bonds. The van der Waals surface area contributed by atoms with Crippen molar-refractivity contribution in [3.63, 3.8) is 0 Å². The number of hydrogen-bond acceptors (Lipinski definition) is 5. The molecule has 0 aliphatic carbocycles. The zero-order valence-electron chi connectivity index (χ0n) is 15.5. The first-order valence-corrected chi connectivity index (χ1v) is 9.58. The normalized spacial score (nSPS) is 24.6. The van der Waals surface area contributed by atoms with Crippen LogP contribution in [-0.4, -0.2) is 55.6 Å². The molecule has 0 saturated carbocycles.